The molecule has 0 saturated carbocycles. The average Bonchev–Trinajstić information content (AvgIpc) is 2.58. The molecule has 0 fully saturated rings. The van der Waals surface area contributed by atoms with Gasteiger partial charge in [0.25, 0.3) is 0 Å². The number of aliphatic hydroxyl groups excluding tert-OH is 2. The van der Waals surface area contributed by atoms with Gasteiger partial charge in [0.05, 0.1) is 13.2 Å². The van der Waals surface area contributed by atoms with Gasteiger partial charge in [0, 0.05) is 13.2 Å². The predicted molar refractivity (Wildman–Crippen MR) is 92.6 cm³/mol. The molecule has 130 valence electrons. The number of benzene rings is 2. The summed E-state index contributed by atoms with van der Waals surface area (Å²) in [7, 11) is 0. The lowest BCUT2D eigenvalue weighted by Crippen LogP contribution is -1.85. The smallest absolute Gasteiger partial charge is 0.115 e. The van der Waals surface area contributed by atoms with Crippen molar-refractivity contribution < 1.29 is 25.2 Å². The van der Waals surface area contributed by atoms with Gasteiger partial charge in [-0.3, -0.25) is 0 Å². The van der Waals surface area contributed by atoms with Crippen molar-refractivity contribution in [2.24, 2.45) is 0 Å². The maximum absolute atomic E-state index is 8.63. The number of phenols is 2. The van der Waals surface area contributed by atoms with Gasteiger partial charge in [-0.1, -0.05) is 36.4 Å². The monoisotopic (exact) mass is 324 g/mol. The largest absolute Gasteiger partial charge is 0.508 e. The van der Waals surface area contributed by atoms with Crippen molar-refractivity contribution in [3.63, 3.8) is 0 Å². The molecule has 23 heavy (non-hydrogen) atoms. The first-order valence-electron chi connectivity index (χ1n) is 7.39. The molecular weight excluding hydrogens is 296 g/mol. The van der Waals surface area contributed by atoms with Gasteiger partial charge in [-0.05, 0) is 38.1 Å². The van der Waals surface area contributed by atoms with Gasteiger partial charge in [-0.15, -0.1) is 0 Å². The Hall–Kier alpha value is -2.08. The summed E-state index contributed by atoms with van der Waals surface area (Å²) in [6, 6.07) is 17.4. The molecule has 0 aliphatic rings. The fraction of sp³-hybridized carbons (Fsp3) is 0.333. The Bertz CT molecular complexity index is 378. The van der Waals surface area contributed by atoms with Gasteiger partial charge in [0.1, 0.15) is 11.5 Å². The first kappa shape index (κ1) is 23.2. The summed E-state index contributed by atoms with van der Waals surface area (Å²) in [5.41, 5.74) is 0. The third-order valence-corrected chi connectivity index (χ3v) is 2.02. The van der Waals surface area contributed by atoms with Gasteiger partial charge in [0.2, 0.25) is 0 Å². The summed E-state index contributed by atoms with van der Waals surface area (Å²) in [6.45, 7) is 5.42. The maximum atomic E-state index is 8.63. The second-order valence-corrected chi connectivity index (χ2v) is 3.90. The zero-order valence-electron chi connectivity index (χ0n) is 13.8. The lowest BCUT2D eigenvalue weighted by molar-refractivity contribution is 0.162. The quantitative estimate of drug-likeness (QED) is 0.697. The Morgan fingerprint density at radius 2 is 0.957 bits per heavy atom. The fourth-order valence-electron chi connectivity index (χ4n) is 1.06. The molecule has 0 aliphatic carbocycles. The highest BCUT2D eigenvalue weighted by Crippen LogP contribution is 2.03. The van der Waals surface area contributed by atoms with Gasteiger partial charge in [-0.25, -0.2) is 0 Å². The average molecular weight is 324 g/mol. The summed E-state index contributed by atoms with van der Waals surface area (Å²) in [6.07, 6.45) is 0. The van der Waals surface area contributed by atoms with Gasteiger partial charge < -0.3 is 25.2 Å². The minimum Gasteiger partial charge on any atom is -0.508 e. The fourth-order valence-corrected chi connectivity index (χ4v) is 1.06. The number of para-hydroxylation sites is 2. The highest BCUT2D eigenvalue weighted by molar-refractivity contribution is 5.19. The molecule has 0 aromatic heterocycles. The molecule has 0 aliphatic heterocycles. The molecule has 0 radical (unpaired) electrons. The molecule has 2 aromatic rings. The van der Waals surface area contributed by atoms with Crippen LogP contribution >= 0.6 is 0 Å². The third-order valence-electron chi connectivity index (χ3n) is 2.02. The van der Waals surface area contributed by atoms with Crippen molar-refractivity contribution in [3.05, 3.63) is 60.7 Å². The predicted octanol–water partition coefficient (Wildman–Crippen LogP) is 2.80. The first-order chi connectivity index (χ1) is 11.1. The Labute approximate surface area is 138 Å². The number of hydrogen-bond acceptors (Lipinski definition) is 5. The van der Waals surface area contributed by atoms with E-state index < -0.39 is 0 Å². The van der Waals surface area contributed by atoms with E-state index in [9.17, 15) is 0 Å². The summed E-state index contributed by atoms with van der Waals surface area (Å²) in [4.78, 5) is 0. The van der Waals surface area contributed by atoms with E-state index >= 15 is 0 Å². The third kappa shape index (κ3) is 22.3. The van der Waals surface area contributed by atoms with E-state index in [-0.39, 0.29) is 13.2 Å². The number of rotatable bonds is 3. The number of ether oxygens (including phenoxy) is 1. The molecule has 5 heteroatoms. The van der Waals surface area contributed by atoms with Crippen LogP contribution in [0, 0.1) is 0 Å². The molecule has 0 saturated heterocycles. The Morgan fingerprint density at radius 3 is 1.04 bits per heavy atom. The van der Waals surface area contributed by atoms with E-state index in [1.165, 1.54) is 0 Å². The van der Waals surface area contributed by atoms with Crippen LogP contribution in [0.25, 0.3) is 0 Å². The van der Waals surface area contributed by atoms with Crippen molar-refractivity contribution in [1.29, 1.82) is 0 Å². The van der Waals surface area contributed by atoms with Crippen LogP contribution in [-0.4, -0.2) is 46.9 Å². The molecule has 0 unspecified atom stereocenters. The van der Waals surface area contributed by atoms with Crippen LogP contribution in [0.5, 0.6) is 11.5 Å². The Morgan fingerprint density at radius 1 is 0.652 bits per heavy atom. The summed E-state index contributed by atoms with van der Waals surface area (Å²) >= 11 is 0. The highest BCUT2D eigenvalue weighted by atomic mass is 16.5. The normalized spacial score (nSPS) is 8.35. The zero-order valence-corrected chi connectivity index (χ0v) is 13.8. The van der Waals surface area contributed by atoms with Crippen LogP contribution in [0.3, 0.4) is 0 Å². The van der Waals surface area contributed by atoms with Gasteiger partial charge in [0.15, 0.2) is 0 Å². The first-order valence-corrected chi connectivity index (χ1v) is 7.39. The molecule has 0 amide bonds. The lowest BCUT2D eigenvalue weighted by atomic mass is 10.3. The van der Waals surface area contributed by atoms with Gasteiger partial charge >= 0.3 is 0 Å². The van der Waals surface area contributed by atoms with E-state index in [4.69, 9.17) is 25.2 Å². The van der Waals surface area contributed by atoms with E-state index in [2.05, 4.69) is 0 Å². The van der Waals surface area contributed by atoms with Crippen LogP contribution in [0.4, 0.5) is 0 Å². The Balaban J connectivity index is 0. The SMILES string of the molecule is CCOCC.OCCO.Oc1ccccc1.Oc1ccccc1. The number of phenolic OH excluding ortho intramolecular Hbond substituents is 2. The molecule has 5 nitrogen and oxygen atoms in total. The molecule has 0 heterocycles. The minimum atomic E-state index is -0.125. The Kier molecular flexibility index (Phi) is 20.1. The van der Waals surface area contributed by atoms with Crippen molar-refractivity contribution in [2.45, 2.75) is 13.8 Å². The molecule has 2 aromatic carbocycles. The standard InChI is InChI=1S/2C6H6O.C4H10O.C2H6O2/c2*7-6-4-2-1-3-5-6;1-3-5-4-2;3-1-2-4/h2*1-5,7H;3-4H2,1-2H3;3-4H,1-2H2. The molecule has 0 bridgehead atoms. The lowest BCUT2D eigenvalue weighted by Gasteiger charge is -1.86. The zero-order chi connectivity index (χ0) is 17.8. The minimum absolute atomic E-state index is 0.125. The van der Waals surface area contributed by atoms with Crippen molar-refractivity contribution in [3.8, 4) is 11.5 Å². The second-order valence-electron chi connectivity index (χ2n) is 3.90. The maximum Gasteiger partial charge on any atom is 0.115 e. The highest BCUT2D eigenvalue weighted by Gasteiger charge is 1.75. The summed E-state index contributed by atoms with van der Waals surface area (Å²) in [5.74, 6) is 0.644. The second kappa shape index (κ2) is 19.9. The van der Waals surface area contributed by atoms with E-state index in [0.717, 1.165) is 13.2 Å². The van der Waals surface area contributed by atoms with E-state index in [1.54, 1.807) is 48.5 Å². The van der Waals surface area contributed by atoms with Crippen LogP contribution in [0.15, 0.2) is 60.7 Å². The molecule has 2 rings (SSSR count). The molecular formula is C18H28O5. The van der Waals surface area contributed by atoms with Crippen molar-refractivity contribution in [2.75, 3.05) is 26.4 Å². The number of aliphatic hydroxyl groups is 2. The van der Waals surface area contributed by atoms with E-state index in [1.807, 2.05) is 26.0 Å². The van der Waals surface area contributed by atoms with Crippen LogP contribution in [0.1, 0.15) is 13.8 Å². The van der Waals surface area contributed by atoms with Crippen molar-refractivity contribution >= 4 is 0 Å². The van der Waals surface area contributed by atoms with Crippen LogP contribution < -0.4 is 0 Å². The number of aromatic hydroxyl groups is 2. The van der Waals surface area contributed by atoms with Crippen LogP contribution in [-0.2, 0) is 4.74 Å². The van der Waals surface area contributed by atoms with Crippen LogP contribution in [0.2, 0.25) is 0 Å². The van der Waals surface area contributed by atoms with Gasteiger partial charge in [-0.2, -0.15) is 0 Å². The summed E-state index contributed by atoms with van der Waals surface area (Å²) in [5, 5.41) is 32.5. The molecule has 4 N–H and O–H groups in total. The summed E-state index contributed by atoms with van der Waals surface area (Å²) < 4.78 is 4.83. The van der Waals surface area contributed by atoms with E-state index in [0.29, 0.717) is 11.5 Å². The topological polar surface area (TPSA) is 90.2 Å². The molecule has 0 spiro atoms. The number of hydrogen-bond donors (Lipinski definition) is 4. The van der Waals surface area contributed by atoms with Crippen molar-refractivity contribution in [1.82, 2.24) is 0 Å². The molecule has 0 atom stereocenters.